The number of nitrogens with two attached hydrogens (primary N) is 1. The third-order valence-corrected chi connectivity index (χ3v) is 1.29. The Morgan fingerprint density at radius 2 is 2.36 bits per heavy atom. The van der Waals surface area contributed by atoms with Gasteiger partial charge in [0.1, 0.15) is 0 Å². The number of nitrogens with one attached hydrogen (secondary N) is 1. The second kappa shape index (κ2) is 3.03. The summed E-state index contributed by atoms with van der Waals surface area (Å²) in [6, 6.07) is -0.393. The number of hydrogen-bond donors (Lipinski definition) is 2. The van der Waals surface area contributed by atoms with Crippen molar-refractivity contribution >= 4 is 6.03 Å². The molecule has 0 aliphatic carbocycles. The highest BCUT2D eigenvalue weighted by molar-refractivity contribution is 5.77. The zero-order chi connectivity index (χ0) is 8.27. The molecular weight excluding hydrogens is 142 g/mol. The molecule has 0 fully saturated rings. The van der Waals surface area contributed by atoms with Crippen LogP contribution in [0.4, 0.5) is 4.79 Å². The summed E-state index contributed by atoms with van der Waals surface area (Å²) < 4.78 is 0. The Morgan fingerprint density at radius 1 is 1.64 bits per heavy atom. The van der Waals surface area contributed by atoms with Crippen molar-refractivity contribution in [2.24, 2.45) is 5.84 Å². The molecule has 4 nitrogen and oxygen atoms in total. The van der Waals surface area contributed by atoms with Gasteiger partial charge in [0.2, 0.25) is 0 Å². The van der Waals surface area contributed by atoms with E-state index < -0.39 is 6.03 Å². The van der Waals surface area contributed by atoms with E-state index in [1.54, 1.807) is 24.4 Å². The van der Waals surface area contributed by atoms with Gasteiger partial charge in [0.05, 0.1) is 0 Å². The maximum Gasteiger partial charge on any atom is 0.340 e. The van der Waals surface area contributed by atoms with Gasteiger partial charge in [-0.15, -0.1) is 0 Å². The van der Waals surface area contributed by atoms with Crippen LogP contribution in [0.25, 0.3) is 0 Å². The molecule has 0 saturated heterocycles. The summed E-state index contributed by atoms with van der Waals surface area (Å²) in [7, 11) is 0. The van der Waals surface area contributed by atoms with Crippen LogP contribution in [-0.2, 0) is 0 Å². The fourth-order valence-electron chi connectivity index (χ4n) is 0.746. The van der Waals surface area contributed by atoms with Gasteiger partial charge in [-0.25, -0.2) is 10.6 Å². The molecule has 58 valence electrons. The van der Waals surface area contributed by atoms with Crippen molar-refractivity contribution < 1.29 is 4.79 Å². The summed E-state index contributed by atoms with van der Waals surface area (Å²) in [5.41, 5.74) is 2.60. The zero-order valence-corrected chi connectivity index (χ0v) is 5.95. The molecule has 1 heterocycles. The Labute approximate surface area is 64.6 Å². The fraction of sp³-hybridized carbons (Fsp3) is 0. The van der Waals surface area contributed by atoms with E-state index in [0.29, 0.717) is 5.70 Å². The molecule has 0 aromatic heterocycles. The predicted octanol–water partition coefficient (Wildman–Crippen LogP) is 0.469. The van der Waals surface area contributed by atoms with Crippen molar-refractivity contribution in [3.05, 3.63) is 36.7 Å². The molecule has 0 aromatic carbocycles. The summed E-state index contributed by atoms with van der Waals surface area (Å²) in [6.45, 7) is 3.64. The van der Waals surface area contributed by atoms with E-state index >= 15 is 0 Å². The number of nitrogens with zero attached hydrogens (tertiary/aromatic N) is 1. The number of hydrazine groups is 1. The van der Waals surface area contributed by atoms with Crippen molar-refractivity contribution in [2.75, 3.05) is 0 Å². The van der Waals surface area contributed by atoms with Crippen LogP contribution in [0.5, 0.6) is 0 Å². The van der Waals surface area contributed by atoms with Crippen LogP contribution >= 0.6 is 0 Å². The third-order valence-electron chi connectivity index (χ3n) is 1.29. The lowest BCUT2D eigenvalue weighted by atomic mass is 10.3. The monoisotopic (exact) mass is 151 g/mol. The molecule has 2 amide bonds. The summed E-state index contributed by atoms with van der Waals surface area (Å²) in [6.07, 6.45) is 6.83. The maximum atomic E-state index is 10.9. The first-order chi connectivity index (χ1) is 5.25. The van der Waals surface area contributed by atoms with Crippen molar-refractivity contribution in [2.45, 2.75) is 0 Å². The van der Waals surface area contributed by atoms with Crippen molar-refractivity contribution in [3.8, 4) is 0 Å². The van der Waals surface area contributed by atoms with Gasteiger partial charge >= 0.3 is 6.03 Å². The summed E-state index contributed by atoms with van der Waals surface area (Å²) in [4.78, 5) is 12.2. The van der Waals surface area contributed by atoms with E-state index in [2.05, 4.69) is 6.58 Å². The number of carbonyl (C=O) groups excluding carboxylic acids is 1. The normalized spacial score (nSPS) is 15.4. The van der Waals surface area contributed by atoms with Crippen LogP contribution < -0.4 is 11.3 Å². The van der Waals surface area contributed by atoms with Gasteiger partial charge < -0.3 is 0 Å². The number of amides is 2. The molecule has 4 heteroatoms. The molecule has 0 saturated carbocycles. The summed E-state index contributed by atoms with van der Waals surface area (Å²) in [5.74, 6) is 4.92. The van der Waals surface area contributed by atoms with Gasteiger partial charge in [0.25, 0.3) is 0 Å². The van der Waals surface area contributed by atoms with E-state index in [9.17, 15) is 4.79 Å². The Kier molecular flexibility index (Phi) is 2.08. The first-order valence-electron chi connectivity index (χ1n) is 3.09. The van der Waals surface area contributed by atoms with Gasteiger partial charge in [0, 0.05) is 11.9 Å². The van der Waals surface area contributed by atoms with E-state index in [4.69, 9.17) is 5.84 Å². The molecule has 0 radical (unpaired) electrons. The number of rotatable bonds is 0. The van der Waals surface area contributed by atoms with Crippen LogP contribution in [0.15, 0.2) is 36.7 Å². The molecule has 11 heavy (non-hydrogen) atoms. The lowest BCUT2D eigenvalue weighted by molar-refractivity contribution is 0.224. The standard InChI is InChI=1S/C7H9N3O/c1-6-4-2-3-5-10(6)7(11)9-8/h2-5H,1,8H2,(H,9,11). The minimum atomic E-state index is -0.393. The van der Waals surface area contributed by atoms with Crippen LogP contribution in [0.3, 0.4) is 0 Å². The van der Waals surface area contributed by atoms with Gasteiger partial charge in [-0.2, -0.15) is 0 Å². The second-order valence-electron chi connectivity index (χ2n) is 2.01. The summed E-state index contributed by atoms with van der Waals surface area (Å²) in [5, 5.41) is 0. The third kappa shape index (κ3) is 1.47. The van der Waals surface area contributed by atoms with Crippen molar-refractivity contribution in [1.29, 1.82) is 0 Å². The van der Waals surface area contributed by atoms with E-state index in [1.807, 2.05) is 5.43 Å². The predicted molar refractivity (Wildman–Crippen MR) is 42.0 cm³/mol. The Bertz CT molecular complexity index is 242. The fourth-order valence-corrected chi connectivity index (χ4v) is 0.746. The van der Waals surface area contributed by atoms with E-state index in [0.717, 1.165) is 0 Å². The Hall–Kier alpha value is -1.55. The van der Waals surface area contributed by atoms with Crippen LogP contribution in [-0.4, -0.2) is 10.9 Å². The average molecular weight is 151 g/mol. The number of allylic oxidation sites excluding steroid dienone is 3. The molecule has 3 N–H and O–H groups in total. The molecule has 0 unspecified atom stereocenters. The smallest absolute Gasteiger partial charge is 0.275 e. The molecule has 0 bridgehead atoms. The quantitative estimate of drug-likeness (QED) is 0.300. The SMILES string of the molecule is C=C1C=CC=CN1C(=O)NN. The lowest BCUT2D eigenvalue weighted by Crippen LogP contribution is -2.40. The van der Waals surface area contributed by atoms with Gasteiger partial charge in [-0.1, -0.05) is 12.7 Å². The van der Waals surface area contributed by atoms with Gasteiger partial charge in [-0.3, -0.25) is 10.3 Å². The lowest BCUT2D eigenvalue weighted by Gasteiger charge is -2.19. The van der Waals surface area contributed by atoms with Crippen molar-refractivity contribution in [3.63, 3.8) is 0 Å². The summed E-state index contributed by atoms with van der Waals surface area (Å²) >= 11 is 0. The number of urea groups is 1. The molecule has 1 rings (SSSR count). The van der Waals surface area contributed by atoms with Crippen LogP contribution in [0.1, 0.15) is 0 Å². The molecule has 0 spiro atoms. The molecular formula is C7H9N3O. The minimum Gasteiger partial charge on any atom is -0.275 e. The minimum absolute atomic E-state index is 0.393. The average Bonchev–Trinajstić information content (AvgIpc) is 2.04. The Morgan fingerprint density at radius 3 is 2.91 bits per heavy atom. The maximum absolute atomic E-state index is 10.9. The highest BCUT2D eigenvalue weighted by Crippen LogP contribution is 2.08. The van der Waals surface area contributed by atoms with Crippen LogP contribution in [0, 0.1) is 0 Å². The van der Waals surface area contributed by atoms with Gasteiger partial charge in [-0.05, 0) is 12.2 Å². The Balaban J connectivity index is 2.73. The zero-order valence-electron chi connectivity index (χ0n) is 5.95. The molecule has 1 aliphatic rings. The molecule has 0 atom stereocenters. The number of hydrogen-bond acceptors (Lipinski definition) is 2. The second-order valence-corrected chi connectivity index (χ2v) is 2.01. The van der Waals surface area contributed by atoms with Crippen molar-refractivity contribution in [1.82, 2.24) is 10.3 Å². The van der Waals surface area contributed by atoms with E-state index in [1.165, 1.54) is 4.90 Å². The largest absolute Gasteiger partial charge is 0.340 e. The van der Waals surface area contributed by atoms with E-state index in [-0.39, 0.29) is 0 Å². The van der Waals surface area contributed by atoms with Crippen LogP contribution in [0.2, 0.25) is 0 Å². The molecule has 0 aromatic rings. The topological polar surface area (TPSA) is 58.4 Å². The number of carbonyl (C=O) groups is 1. The highest BCUT2D eigenvalue weighted by Gasteiger charge is 2.11. The first-order valence-corrected chi connectivity index (χ1v) is 3.09. The first kappa shape index (κ1) is 7.56. The highest BCUT2D eigenvalue weighted by atomic mass is 16.2. The van der Waals surface area contributed by atoms with Gasteiger partial charge in [0.15, 0.2) is 0 Å². The molecule has 1 aliphatic heterocycles.